The molecule has 0 saturated heterocycles. The molecule has 1 heterocycles. The fraction of sp³-hybridized carbons (Fsp3) is 0.409. The monoisotopic (exact) mass is 396 g/mol. The number of nitrogens with zero attached hydrogens (tertiary/aromatic N) is 1. The van der Waals surface area contributed by atoms with Gasteiger partial charge in [-0.05, 0) is 73.4 Å². The van der Waals surface area contributed by atoms with Crippen molar-refractivity contribution in [3.05, 3.63) is 59.2 Å². The van der Waals surface area contributed by atoms with Crippen LogP contribution in [0, 0.1) is 0 Å². The molecule has 2 aromatic rings. The average molecular weight is 397 g/mol. The van der Waals surface area contributed by atoms with Gasteiger partial charge in [-0.3, -0.25) is 4.79 Å². The van der Waals surface area contributed by atoms with Gasteiger partial charge in [0.2, 0.25) is 15.9 Å². The number of hydrogen-bond donors (Lipinski definition) is 1. The maximum Gasteiger partial charge on any atom is 0.243 e. The summed E-state index contributed by atoms with van der Waals surface area (Å²) in [6.07, 6.45) is 5.38. The lowest BCUT2D eigenvalue weighted by atomic mass is 10.1. The molecule has 28 heavy (non-hydrogen) atoms. The normalized spacial score (nSPS) is 19.8. The molecule has 2 aromatic carbocycles. The summed E-state index contributed by atoms with van der Waals surface area (Å²) in [5.74, 6) is -0.00214. The number of amides is 1. The Kier molecular flexibility index (Phi) is 4.29. The van der Waals surface area contributed by atoms with Crippen LogP contribution in [0.2, 0.25) is 0 Å². The molecular formula is C22H24N2O3S. The van der Waals surface area contributed by atoms with Crippen molar-refractivity contribution >= 4 is 21.6 Å². The number of fused-ring (bicyclic) bond motifs is 2. The zero-order valence-corrected chi connectivity index (χ0v) is 16.5. The highest BCUT2D eigenvalue weighted by Gasteiger charge is 2.44. The molecule has 1 N–H and O–H groups in total. The van der Waals surface area contributed by atoms with Crippen LogP contribution in [0.5, 0.6) is 0 Å². The van der Waals surface area contributed by atoms with Gasteiger partial charge in [-0.25, -0.2) is 8.42 Å². The maximum absolute atomic E-state index is 13.6. The van der Waals surface area contributed by atoms with E-state index in [0.717, 1.165) is 49.8 Å². The molecule has 1 fully saturated rings. The average Bonchev–Trinajstić information content (AvgIpc) is 3.42. The van der Waals surface area contributed by atoms with E-state index < -0.39 is 10.0 Å². The summed E-state index contributed by atoms with van der Waals surface area (Å²) in [7, 11) is -3.58. The topological polar surface area (TPSA) is 66.5 Å². The molecule has 0 atom stereocenters. The lowest BCUT2D eigenvalue weighted by molar-refractivity contribution is -0.116. The minimum Gasteiger partial charge on any atom is -0.326 e. The van der Waals surface area contributed by atoms with Crippen molar-refractivity contribution in [1.82, 2.24) is 4.31 Å². The standard InChI is InChI=1S/C22H24N2O3S/c25-22-7-3-6-17-14-20(10-11-21(17)23-22)28(26,27)24(18-8-9-18)19-12-15-4-1-2-5-16(15)13-19/h1-2,4-5,10-11,14,18-19H,3,6-9,12-13H2,(H,23,25). The number of carbonyl (C=O) groups excluding carboxylic acids is 1. The van der Waals surface area contributed by atoms with Crippen molar-refractivity contribution in [3.8, 4) is 0 Å². The van der Waals surface area contributed by atoms with Gasteiger partial charge < -0.3 is 5.32 Å². The van der Waals surface area contributed by atoms with Gasteiger partial charge in [0, 0.05) is 24.2 Å². The van der Waals surface area contributed by atoms with E-state index in [4.69, 9.17) is 0 Å². The van der Waals surface area contributed by atoms with Crippen molar-refractivity contribution in [2.75, 3.05) is 5.32 Å². The Balaban J connectivity index is 1.48. The van der Waals surface area contributed by atoms with Crippen molar-refractivity contribution in [1.29, 1.82) is 0 Å². The number of hydrogen-bond acceptors (Lipinski definition) is 3. The largest absolute Gasteiger partial charge is 0.326 e. The Labute approximate surface area is 165 Å². The second-order valence-corrected chi connectivity index (χ2v) is 9.96. The van der Waals surface area contributed by atoms with E-state index in [-0.39, 0.29) is 18.0 Å². The second kappa shape index (κ2) is 6.71. The summed E-state index contributed by atoms with van der Waals surface area (Å²) in [4.78, 5) is 12.1. The molecule has 0 bridgehead atoms. The highest BCUT2D eigenvalue weighted by atomic mass is 32.2. The van der Waals surface area contributed by atoms with E-state index in [1.807, 2.05) is 12.1 Å². The number of benzene rings is 2. The number of nitrogens with one attached hydrogen (secondary N) is 1. The third-order valence-electron chi connectivity index (χ3n) is 6.07. The Morgan fingerprint density at radius 3 is 2.29 bits per heavy atom. The number of aryl methyl sites for hydroxylation is 1. The zero-order chi connectivity index (χ0) is 19.3. The summed E-state index contributed by atoms with van der Waals surface area (Å²) < 4.78 is 29.0. The Hall–Kier alpha value is -2.18. The smallest absolute Gasteiger partial charge is 0.243 e. The molecule has 2 aliphatic carbocycles. The van der Waals surface area contributed by atoms with Gasteiger partial charge in [-0.1, -0.05) is 24.3 Å². The van der Waals surface area contributed by atoms with Crippen molar-refractivity contribution in [2.24, 2.45) is 0 Å². The second-order valence-electron chi connectivity index (χ2n) is 8.12. The van der Waals surface area contributed by atoms with Crippen LogP contribution in [-0.2, 0) is 34.1 Å². The highest BCUT2D eigenvalue weighted by Crippen LogP contribution is 2.39. The Morgan fingerprint density at radius 1 is 0.893 bits per heavy atom. The molecule has 5 nitrogen and oxygen atoms in total. The Morgan fingerprint density at radius 2 is 1.61 bits per heavy atom. The molecular weight excluding hydrogens is 372 g/mol. The number of anilines is 1. The van der Waals surface area contributed by atoms with E-state index in [1.54, 1.807) is 22.5 Å². The fourth-order valence-electron chi connectivity index (χ4n) is 4.57. The molecule has 146 valence electrons. The van der Waals surface area contributed by atoms with Crippen LogP contribution < -0.4 is 5.32 Å². The molecule has 1 amide bonds. The summed E-state index contributed by atoms with van der Waals surface area (Å²) in [6, 6.07) is 13.5. The quantitative estimate of drug-likeness (QED) is 0.862. The first kappa shape index (κ1) is 17.9. The summed E-state index contributed by atoms with van der Waals surface area (Å²) in [5.41, 5.74) is 4.18. The first-order valence-corrected chi connectivity index (χ1v) is 11.5. The molecule has 6 heteroatoms. The van der Waals surface area contributed by atoms with Crippen LogP contribution in [0.25, 0.3) is 0 Å². The van der Waals surface area contributed by atoms with E-state index in [2.05, 4.69) is 17.4 Å². The molecule has 1 aliphatic heterocycles. The molecule has 1 saturated carbocycles. The van der Waals surface area contributed by atoms with E-state index in [1.165, 1.54) is 11.1 Å². The van der Waals surface area contributed by atoms with Gasteiger partial charge in [0.25, 0.3) is 0 Å². The molecule has 3 aliphatic rings. The molecule has 0 unspecified atom stereocenters. The first-order chi connectivity index (χ1) is 13.5. The van der Waals surface area contributed by atoms with Crippen molar-refractivity contribution in [2.45, 2.75) is 61.9 Å². The van der Waals surface area contributed by atoms with Gasteiger partial charge in [0.05, 0.1) is 4.90 Å². The molecule has 0 spiro atoms. The predicted octanol–water partition coefficient (Wildman–Crippen LogP) is 3.28. The SMILES string of the molecule is O=C1CCCc2cc(S(=O)(=O)N(C3CC3)C3Cc4ccccc4C3)ccc2N1. The third kappa shape index (κ3) is 3.14. The summed E-state index contributed by atoms with van der Waals surface area (Å²) >= 11 is 0. The van der Waals surface area contributed by atoms with E-state index in [9.17, 15) is 13.2 Å². The predicted molar refractivity (Wildman–Crippen MR) is 108 cm³/mol. The lowest BCUT2D eigenvalue weighted by Gasteiger charge is -2.28. The van der Waals surface area contributed by atoms with E-state index >= 15 is 0 Å². The minimum absolute atomic E-state index is 0.00214. The summed E-state index contributed by atoms with van der Waals surface area (Å²) in [6.45, 7) is 0. The van der Waals surface area contributed by atoms with Gasteiger partial charge in [-0.2, -0.15) is 4.31 Å². The minimum atomic E-state index is -3.58. The summed E-state index contributed by atoms with van der Waals surface area (Å²) in [5, 5.41) is 2.88. The van der Waals surface area contributed by atoms with Crippen LogP contribution in [-0.4, -0.2) is 30.7 Å². The van der Waals surface area contributed by atoms with Crippen LogP contribution in [0.15, 0.2) is 47.4 Å². The van der Waals surface area contributed by atoms with E-state index in [0.29, 0.717) is 11.3 Å². The molecule has 5 rings (SSSR count). The fourth-order valence-corrected chi connectivity index (χ4v) is 6.49. The Bertz CT molecular complexity index is 1020. The van der Waals surface area contributed by atoms with Crippen LogP contribution in [0.3, 0.4) is 0 Å². The highest BCUT2D eigenvalue weighted by molar-refractivity contribution is 7.89. The zero-order valence-electron chi connectivity index (χ0n) is 15.7. The van der Waals surface area contributed by atoms with Crippen molar-refractivity contribution in [3.63, 3.8) is 0 Å². The maximum atomic E-state index is 13.6. The van der Waals surface area contributed by atoms with Crippen LogP contribution in [0.1, 0.15) is 42.4 Å². The number of carbonyl (C=O) groups is 1. The van der Waals surface area contributed by atoms with Gasteiger partial charge in [0.15, 0.2) is 0 Å². The third-order valence-corrected chi connectivity index (χ3v) is 8.07. The molecule has 0 radical (unpaired) electrons. The van der Waals surface area contributed by atoms with Crippen molar-refractivity contribution < 1.29 is 13.2 Å². The van der Waals surface area contributed by atoms with Crippen LogP contribution >= 0.6 is 0 Å². The van der Waals surface area contributed by atoms with Gasteiger partial charge in [-0.15, -0.1) is 0 Å². The van der Waals surface area contributed by atoms with Crippen LogP contribution in [0.4, 0.5) is 5.69 Å². The van der Waals surface area contributed by atoms with Gasteiger partial charge in [0.1, 0.15) is 0 Å². The number of sulfonamides is 1. The first-order valence-electron chi connectivity index (χ1n) is 10.1. The molecule has 0 aromatic heterocycles. The number of rotatable bonds is 4. The van der Waals surface area contributed by atoms with Gasteiger partial charge >= 0.3 is 0 Å². The lowest BCUT2D eigenvalue weighted by Crippen LogP contribution is -2.42.